The minimum Gasteiger partial charge on any atom is -0.353 e. The van der Waals surface area contributed by atoms with Gasteiger partial charge >= 0.3 is 0 Å². The number of para-hydroxylation sites is 2. The van der Waals surface area contributed by atoms with Crippen LogP contribution in [0.5, 0.6) is 0 Å². The van der Waals surface area contributed by atoms with Crippen LogP contribution < -0.4 is 15.5 Å². The number of rotatable bonds is 4. The third-order valence-electron chi connectivity index (χ3n) is 4.94. The largest absolute Gasteiger partial charge is 0.353 e. The molecule has 0 aromatic heterocycles. The van der Waals surface area contributed by atoms with Crippen LogP contribution in [0.3, 0.4) is 0 Å². The monoisotopic (exact) mass is 343 g/mol. The van der Waals surface area contributed by atoms with E-state index in [1.54, 1.807) is 12.1 Å². The summed E-state index contributed by atoms with van der Waals surface area (Å²) in [5.41, 5.74) is 1.32. The Kier molecular flexibility index (Phi) is 5.36. The second-order valence-electron chi connectivity index (χ2n) is 7.08. The molecule has 1 aliphatic heterocycles. The topological polar surface area (TPSA) is 78.5 Å². The van der Waals surface area contributed by atoms with E-state index in [4.69, 9.17) is 0 Å². The first-order valence-corrected chi connectivity index (χ1v) is 9.01. The van der Waals surface area contributed by atoms with E-state index in [-0.39, 0.29) is 43.1 Å². The van der Waals surface area contributed by atoms with Gasteiger partial charge in [0.1, 0.15) is 6.54 Å². The molecule has 2 unspecified atom stereocenters. The fourth-order valence-corrected chi connectivity index (χ4v) is 3.68. The van der Waals surface area contributed by atoms with Crippen molar-refractivity contribution in [2.24, 2.45) is 5.92 Å². The zero-order valence-electron chi connectivity index (χ0n) is 14.6. The third-order valence-corrected chi connectivity index (χ3v) is 4.94. The maximum Gasteiger partial charge on any atom is 0.244 e. The van der Waals surface area contributed by atoms with Crippen molar-refractivity contribution in [2.75, 3.05) is 16.8 Å². The Morgan fingerprint density at radius 1 is 1.24 bits per heavy atom. The predicted molar refractivity (Wildman–Crippen MR) is 96.2 cm³/mol. The summed E-state index contributed by atoms with van der Waals surface area (Å²) < 4.78 is 0. The Labute approximate surface area is 148 Å². The molecule has 1 aromatic rings. The molecule has 1 heterocycles. The maximum atomic E-state index is 12.5. The van der Waals surface area contributed by atoms with Crippen molar-refractivity contribution in [3.8, 4) is 0 Å². The second-order valence-corrected chi connectivity index (χ2v) is 7.08. The quantitative estimate of drug-likeness (QED) is 0.881. The second kappa shape index (κ2) is 7.68. The van der Waals surface area contributed by atoms with Gasteiger partial charge < -0.3 is 15.5 Å². The fourth-order valence-electron chi connectivity index (χ4n) is 3.68. The summed E-state index contributed by atoms with van der Waals surface area (Å²) in [5.74, 6) is 0.147. The number of nitrogens with one attached hydrogen (secondary N) is 2. The third kappa shape index (κ3) is 4.38. The van der Waals surface area contributed by atoms with Gasteiger partial charge in [-0.3, -0.25) is 14.4 Å². The summed E-state index contributed by atoms with van der Waals surface area (Å²) in [7, 11) is 0. The number of carbonyl (C=O) groups is 3. The van der Waals surface area contributed by atoms with Gasteiger partial charge in [-0.05, 0) is 30.9 Å². The number of carbonyl (C=O) groups excluding carboxylic acids is 3. The minimum atomic E-state index is -0.215. The van der Waals surface area contributed by atoms with Crippen LogP contribution in [0.15, 0.2) is 24.3 Å². The highest BCUT2D eigenvalue weighted by Gasteiger charge is 2.27. The van der Waals surface area contributed by atoms with Crippen molar-refractivity contribution in [1.29, 1.82) is 0 Å². The first-order chi connectivity index (χ1) is 12.0. The number of hydrogen-bond donors (Lipinski definition) is 2. The van der Waals surface area contributed by atoms with Crippen LogP contribution in [0, 0.1) is 5.92 Å². The van der Waals surface area contributed by atoms with Gasteiger partial charge in [0.2, 0.25) is 17.7 Å². The zero-order valence-corrected chi connectivity index (χ0v) is 14.6. The standard InChI is InChI=1S/C19H25N3O3/c1-13-5-4-6-14(11-13)20-17(23)9-10-19(25)22-12-18(24)21-15-7-2-3-8-16(15)22/h2-3,7-8,13-14H,4-6,9-12H2,1H3,(H,20,23)(H,21,24). The molecule has 3 amide bonds. The normalized spacial score (nSPS) is 22.8. The molecule has 6 nitrogen and oxygen atoms in total. The van der Waals surface area contributed by atoms with Gasteiger partial charge in [0.05, 0.1) is 11.4 Å². The maximum absolute atomic E-state index is 12.5. The molecular weight excluding hydrogens is 318 g/mol. The van der Waals surface area contributed by atoms with Crippen molar-refractivity contribution in [3.63, 3.8) is 0 Å². The predicted octanol–water partition coefficient (Wildman–Crippen LogP) is 2.45. The Hall–Kier alpha value is -2.37. The molecule has 2 atom stereocenters. The Morgan fingerprint density at radius 2 is 2.04 bits per heavy atom. The average molecular weight is 343 g/mol. The summed E-state index contributed by atoms with van der Waals surface area (Å²) >= 11 is 0. The minimum absolute atomic E-state index is 0.00238. The van der Waals surface area contributed by atoms with Crippen molar-refractivity contribution in [3.05, 3.63) is 24.3 Å². The summed E-state index contributed by atoms with van der Waals surface area (Å²) in [6.45, 7) is 2.21. The average Bonchev–Trinajstić information content (AvgIpc) is 2.59. The molecule has 1 saturated carbocycles. The van der Waals surface area contributed by atoms with Gasteiger partial charge in [-0.1, -0.05) is 31.9 Å². The first kappa shape index (κ1) is 17.5. The molecule has 2 N–H and O–H groups in total. The van der Waals surface area contributed by atoms with E-state index in [9.17, 15) is 14.4 Å². The molecule has 2 aliphatic rings. The molecule has 1 fully saturated rings. The van der Waals surface area contributed by atoms with E-state index >= 15 is 0 Å². The summed E-state index contributed by atoms with van der Waals surface area (Å²) in [6, 6.07) is 7.44. The van der Waals surface area contributed by atoms with Crippen molar-refractivity contribution < 1.29 is 14.4 Å². The SMILES string of the molecule is CC1CCCC(NC(=O)CCC(=O)N2CC(=O)Nc3ccccc32)C1. The van der Waals surface area contributed by atoms with Crippen molar-refractivity contribution >= 4 is 29.1 Å². The Balaban J connectivity index is 1.54. The van der Waals surface area contributed by atoms with Gasteiger partial charge in [0.15, 0.2) is 0 Å². The van der Waals surface area contributed by atoms with Crippen LogP contribution in [0.1, 0.15) is 45.4 Å². The number of anilines is 2. The van der Waals surface area contributed by atoms with Crippen LogP contribution >= 0.6 is 0 Å². The summed E-state index contributed by atoms with van der Waals surface area (Å²) in [5, 5.41) is 5.80. The van der Waals surface area contributed by atoms with Gasteiger partial charge in [0, 0.05) is 18.9 Å². The lowest BCUT2D eigenvalue weighted by atomic mass is 9.87. The van der Waals surface area contributed by atoms with Crippen LogP contribution in [-0.4, -0.2) is 30.3 Å². The highest BCUT2D eigenvalue weighted by Crippen LogP contribution is 2.29. The Morgan fingerprint density at radius 3 is 2.84 bits per heavy atom. The lowest BCUT2D eigenvalue weighted by molar-refractivity contribution is -0.126. The molecule has 6 heteroatoms. The molecule has 1 aromatic carbocycles. The molecular formula is C19H25N3O3. The number of nitrogens with zero attached hydrogens (tertiary/aromatic N) is 1. The van der Waals surface area contributed by atoms with E-state index in [0.29, 0.717) is 17.3 Å². The van der Waals surface area contributed by atoms with Crippen molar-refractivity contribution in [1.82, 2.24) is 5.32 Å². The molecule has 25 heavy (non-hydrogen) atoms. The van der Waals surface area contributed by atoms with E-state index in [0.717, 1.165) is 19.3 Å². The summed E-state index contributed by atoms with van der Waals surface area (Å²) in [4.78, 5) is 37.9. The number of hydrogen-bond acceptors (Lipinski definition) is 3. The molecule has 0 spiro atoms. The summed E-state index contributed by atoms with van der Waals surface area (Å²) in [6.07, 6.45) is 4.66. The number of benzene rings is 1. The molecule has 0 radical (unpaired) electrons. The van der Waals surface area contributed by atoms with Crippen LogP contribution in [0.2, 0.25) is 0 Å². The zero-order chi connectivity index (χ0) is 17.8. The fraction of sp³-hybridized carbons (Fsp3) is 0.526. The lowest BCUT2D eigenvalue weighted by Crippen LogP contribution is -2.43. The van der Waals surface area contributed by atoms with Gasteiger partial charge in [-0.2, -0.15) is 0 Å². The number of amides is 3. The molecule has 1 aliphatic carbocycles. The molecule has 0 saturated heterocycles. The molecule has 0 bridgehead atoms. The van der Waals surface area contributed by atoms with E-state index in [1.807, 2.05) is 12.1 Å². The first-order valence-electron chi connectivity index (χ1n) is 9.01. The molecule has 3 rings (SSSR count). The number of fused-ring (bicyclic) bond motifs is 1. The highest BCUT2D eigenvalue weighted by molar-refractivity contribution is 6.10. The van der Waals surface area contributed by atoms with Crippen LogP contribution in [0.25, 0.3) is 0 Å². The van der Waals surface area contributed by atoms with Gasteiger partial charge in [0.25, 0.3) is 0 Å². The smallest absolute Gasteiger partial charge is 0.244 e. The Bertz CT molecular complexity index is 674. The van der Waals surface area contributed by atoms with Gasteiger partial charge in [-0.25, -0.2) is 0 Å². The lowest BCUT2D eigenvalue weighted by Gasteiger charge is -2.29. The van der Waals surface area contributed by atoms with Gasteiger partial charge in [-0.15, -0.1) is 0 Å². The van der Waals surface area contributed by atoms with E-state index in [2.05, 4.69) is 17.6 Å². The van der Waals surface area contributed by atoms with E-state index < -0.39 is 0 Å². The highest BCUT2D eigenvalue weighted by atomic mass is 16.2. The van der Waals surface area contributed by atoms with Crippen molar-refractivity contribution in [2.45, 2.75) is 51.5 Å². The van der Waals surface area contributed by atoms with E-state index in [1.165, 1.54) is 11.3 Å². The molecule has 134 valence electrons. The van der Waals surface area contributed by atoms with Crippen LogP contribution in [-0.2, 0) is 14.4 Å². The van der Waals surface area contributed by atoms with Crippen LogP contribution in [0.4, 0.5) is 11.4 Å².